The van der Waals surface area contributed by atoms with E-state index in [1.807, 2.05) is 24.3 Å². The smallest absolute Gasteiger partial charge is 0.191 e. The molecule has 1 aromatic carbocycles. The van der Waals surface area contributed by atoms with Crippen LogP contribution in [0, 0.1) is 17.2 Å². The van der Waals surface area contributed by atoms with Gasteiger partial charge in [0.25, 0.3) is 0 Å². The van der Waals surface area contributed by atoms with Crippen LogP contribution in [0.4, 0.5) is 0 Å². The lowest BCUT2D eigenvalue weighted by Gasteiger charge is -2.18. The van der Waals surface area contributed by atoms with Crippen molar-refractivity contribution in [2.75, 3.05) is 6.54 Å². The van der Waals surface area contributed by atoms with Crippen molar-refractivity contribution in [3.63, 3.8) is 0 Å². The molecule has 0 saturated carbocycles. The van der Waals surface area contributed by atoms with Gasteiger partial charge in [-0.15, -0.1) is 0 Å². The van der Waals surface area contributed by atoms with Crippen LogP contribution in [0.25, 0.3) is 0 Å². The van der Waals surface area contributed by atoms with Crippen molar-refractivity contribution in [2.45, 2.75) is 53.1 Å². The molecular formula is C18H28N4. The summed E-state index contributed by atoms with van der Waals surface area (Å²) in [6.07, 6.45) is 2.34. The highest BCUT2D eigenvalue weighted by Crippen LogP contribution is 2.07. The molecule has 0 aliphatic rings. The fourth-order valence-electron chi connectivity index (χ4n) is 2.12. The Kier molecular flexibility index (Phi) is 8.06. The Morgan fingerprint density at radius 2 is 2.05 bits per heavy atom. The topological polar surface area (TPSA) is 60.2 Å². The van der Waals surface area contributed by atoms with Gasteiger partial charge < -0.3 is 10.6 Å². The van der Waals surface area contributed by atoms with Crippen molar-refractivity contribution in [3.05, 3.63) is 35.4 Å². The van der Waals surface area contributed by atoms with Crippen LogP contribution in [0.15, 0.2) is 29.3 Å². The van der Waals surface area contributed by atoms with Crippen molar-refractivity contribution >= 4 is 5.96 Å². The molecule has 120 valence electrons. The quantitative estimate of drug-likeness (QED) is 0.599. The predicted molar refractivity (Wildman–Crippen MR) is 92.6 cm³/mol. The van der Waals surface area contributed by atoms with Crippen LogP contribution in [0.1, 0.15) is 51.7 Å². The Bertz CT molecular complexity index is 514. The highest BCUT2D eigenvalue weighted by Gasteiger charge is 2.06. The van der Waals surface area contributed by atoms with Crippen molar-refractivity contribution < 1.29 is 0 Å². The molecule has 4 nitrogen and oxygen atoms in total. The largest absolute Gasteiger partial charge is 0.357 e. The molecule has 0 aromatic heterocycles. The van der Waals surface area contributed by atoms with E-state index in [-0.39, 0.29) is 0 Å². The van der Waals surface area contributed by atoms with Gasteiger partial charge in [0.15, 0.2) is 5.96 Å². The highest BCUT2D eigenvalue weighted by molar-refractivity contribution is 5.80. The average Bonchev–Trinajstić information content (AvgIpc) is 2.51. The summed E-state index contributed by atoms with van der Waals surface area (Å²) in [7, 11) is 0. The number of nitriles is 1. The third-order valence-electron chi connectivity index (χ3n) is 3.38. The maximum absolute atomic E-state index is 8.94. The molecule has 0 fully saturated rings. The van der Waals surface area contributed by atoms with E-state index >= 15 is 0 Å². The van der Waals surface area contributed by atoms with Gasteiger partial charge in [-0.3, -0.25) is 0 Å². The third kappa shape index (κ3) is 7.12. The number of nitrogens with zero attached hydrogens (tertiary/aromatic N) is 2. The summed E-state index contributed by atoms with van der Waals surface area (Å²) in [6.45, 7) is 10.1. The van der Waals surface area contributed by atoms with Gasteiger partial charge in [-0.2, -0.15) is 5.26 Å². The molecule has 2 N–H and O–H groups in total. The van der Waals surface area contributed by atoms with Crippen molar-refractivity contribution in [1.82, 2.24) is 10.6 Å². The van der Waals surface area contributed by atoms with E-state index in [0.717, 1.165) is 30.4 Å². The average molecular weight is 300 g/mol. The summed E-state index contributed by atoms with van der Waals surface area (Å²) in [5, 5.41) is 15.7. The molecule has 22 heavy (non-hydrogen) atoms. The summed E-state index contributed by atoms with van der Waals surface area (Å²) in [4.78, 5) is 4.61. The highest BCUT2D eigenvalue weighted by atomic mass is 15.2. The maximum Gasteiger partial charge on any atom is 0.191 e. The molecule has 0 spiro atoms. The zero-order valence-electron chi connectivity index (χ0n) is 14.2. The monoisotopic (exact) mass is 300 g/mol. The van der Waals surface area contributed by atoms with E-state index < -0.39 is 0 Å². The first-order valence-electron chi connectivity index (χ1n) is 8.09. The molecule has 1 aromatic rings. The zero-order valence-corrected chi connectivity index (χ0v) is 14.2. The second kappa shape index (κ2) is 9.83. The summed E-state index contributed by atoms with van der Waals surface area (Å²) >= 11 is 0. The first-order chi connectivity index (χ1) is 10.5. The molecule has 0 bridgehead atoms. The number of aliphatic imine (C=N–C) groups is 1. The van der Waals surface area contributed by atoms with Gasteiger partial charge in [0, 0.05) is 12.6 Å². The van der Waals surface area contributed by atoms with Crippen molar-refractivity contribution in [3.8, 4) is 6.07 Å². The number of benzene rings is 1. The standard InChI is InChI=1S/C18H28N4/c1-5-20-18(22-15(4)10-9-14(2)3)21-13-17-8-6-7-16(11-17)12-19/h6-8,11,14-15H,5,9-10,13H2,1-4H3,(H2,20,21,22). The van der Waals surface area contributed by atoms with Crippen molar-refractivity contribution in [1.29, 1.82) is 5.26 Å². The Balaban J connectivity index is 2.63. The minimum Gasteiger partial charge on any atom is -0.357 e. The van der Waals surface area contributed by atoms with E-state index in [2.05, 4.69) is 49.4 Å². The van der Waals surface area contributed by atoms with E-state index in [0.29, 0.717) is 18.2 Å². The first-order valence-corrected chi connectivity index (χ1v) is 8.09. The minimum atomic E-state index is 0.394. The van der Waals surface area contributed by atoms with Crippen LogP contribution >= 0.6 is 0 Å². The van der Waals surface area contributed by atoms with E-state index in [9.17, 15) is 0 Å². The third-order valence-corrected chi connectivity index (χ3v) is 3.38. The van der Waals surface area contributed by atoms with E-state index in [4.69, 9.17) is 5.26 Å². The van der Waals surface area contributed by atoms with Gasteiger partial charge in [0.05, 0.1) is 18.2 Å². The summed E-state index contributed by atoms with van der Waals surface area (Å²) < 4.78 is 0. The molecule has 4 heteroatoms. The molecule has 1 unspecified atom stereocenters. The lowest BCUT2D eigenvalue weighted by Crippen LogP contribution is -2.42. The zero-order chi connectivity index (χ0) is 16.4. The Labute approximate surface area is 134 Å². The number of rotatable bonds is 7. The second-order valence-corrected chi connectivity index (χ2v) is 6.02. The second-order valence-electron chi connectivity index (χ2n) is 6.02. The van der Waals surface area contributed by atoms with Gasteiger partial charge in [-0.05, 0) is 50.3 Å². The van der Waals surface area contributed by atoms with Crippen LogP contribution in [0.5, 0.6) is 0 Å². The molecular weight excluding hydrogens is 272 g/mol. The molecule has 0 amide bonds. The minimum absolute atomic E-state index is 0.394. The predicted octanol–water partition coefficient (Wildman–Crippen LogP) is 3.44. The SMILES string of the molecule is CCNC(=NCc1cccc(C#N)c1)NC(C)CCC(C)C. The van der Waals surface area contributed by atoms with Gasteiger partial charge in [-0.1, -0.05) is 26.0 Å². The summed E-state index contributed by atoms with van der Waals surface area (Å²) in [5.74, 6) is 1.55. The molecule has 0 radical (unpaired) electrons. The van der Waals surface area contributed by atoms with E-state index in [1.54, 1.807) is 0 Å². The van der Waals surface area contributed by atoms with E-state index in [1.165, 1.54) is 6.42 Å². The van der Waals surface area contributed by atoms with Gasteiger partial charge in [0.2, 0.25) is 0 Å². The van der Waals surface area contributed by atoms with Crippen LogP contribution < -0.4 is 10.6 Å². The normalized spacial score (nSPS) is 12.8. The van der Waals surface area contributed by atoms with Gasteiger partial charge in [-0.25, -0.2) is 4.99 Å². The number of nitrogens with one attached hydrogen (secondary N) is 2. The number of guanidine groups is 1. The fourth-order valence-corrected chi connectivity index (χ4v) is 2.12. The van der Waals surface area contributed by atoms with Crippen LogP contribution in [0.2, 0.25) is 0 Å². The summed E-state index contributed by atoms with van der Waals surface area (Å²) in [6, 6.07) is 10.1. The fraction of sp³-hybridized carbons (Fsp3) is 0.556. The molecule has 1 rings (SSSR count). The van der Waals surface area contributed by atoms with Crippen molar-refractivity contribution in [2.24, 2.45) is 10.9 Å². The summed E-state index contributed by atoms with van der Waals surface area (Å²) in [5.41, 5.74) is 1.72. The number of hydrogen-bond donors (Lipinski definition) is 2. The van der Waals surface area contributed by atoms with Crippen LogP contribution in [-0.2, 0) is 6.54 Å². The van der Waals surface area contributed by atoms with Crippen LogP contribution in [0.3, 0.4) is 0 Å². The molecule has 0 aliphatic carbocycles. The Morgan fingerprint density at radius 3 is 2.68 bits per heavy atom. The molecule has 0 aliphatic heterocycles. The Morgan fingerprint density at radius 1 is 1.27 bits per heavy atom. The maximum atomic E-state index is 8.94. The Hall–Kier alpha value is -2.02. The molecule has 0 heterocycles. The lowest BCUT2D eigenvalue weighted by molar-refractivity contribution is 0.489. The molecule has 1 atom stereocenters. The first kappa shape index (κ1) is 18.0. The lowest BCUT2D eigenvalue weighted by atomic mass is 10.0. The van der Waals surface area contributed by atoms with Crippen LogP contribution in [-0.4, -0.2) is 18.5 Å². The van der Waals surface area contributed by atoms with Gasteiger partial charge in [0.1, 0.15) is 0 Å². The number of hydrogen-bond acceptors (Lipinski definition) is 2. The van der Waals surface area contributed by atoms with Gasteiger partial charge >= 0.3 is 0 Å². The molecule has 0 saturated heterocycles.